The van der Waals surface area contributed by atoms with Crippen LogP contribution in [0.5, 0.6) is 0 Å². The second-order valence-corrected chi connectivity index (χ2v) is 7.43. The summed E-state index contributed by atoms with van der Waals surface area (Å²) in [6.45, 7) is 3.63. The first kappa shape index (κ1) is 21.2. The number of hydrogen-bond acceptors (Lipinski definition) is 5. The summed E-state index contributed by atoms with van der Waals surface area (Å²) < 4.78 is 38.6. The molecule has 2 rings (SSSR count). The van der Waals surface area contributed by atoms with E-state index in [1.807, 2.05) is 5.32 Å². The number of carbonyl (C=O) groups is 2. The Bertz CT molecular complexity index is 738. The molecule has 150 valence electrons. The van der Waals surface area contributed by atoms with E-state index in [4.69, 9.17) is 11.6 Å². The number of aliphatic hydroxyl groups excluding tert-OH is 1. The molecule has 1 aromatic rings. The maximum Gasteiger partial charge on any atom is 0.410 e. The molecule has 3 N–H and O–H groups in total. The van der Waals surface area contributed by atoms with Crippen LogP contribution in [-0.4, -0.2) is 57.5 Å². The van der Waals surface area contributed by atoms with Gasteiger partial charge in [0.1, 0.15) is 6.04 Å². The van der Waals surface area contributed by atoms with Crippen LogP contribution in [-0.2, 0) is 4.79 Å². The van der Waals surface area contributed by atoms with Crippen molar-refractivity contribution in [1.82, 2.24) is 20.4 Å². The van der Waals surface area contributed by atoms with Gasteiger partial charge in [0.15, 0.2) is 11.0 Å². The molecule has 2 atom stereocenters. The first-order valence-electron chi connectivity index (χ1n) is 7.94. The molecule has 1 aromatic heterocycles. The van der Waals surface area contributed by atoms with Crippen LogP contribution >= 0.6 is 11.6 Å². The number of hydrogen-bond donors (Lipinski definition) is 3. The molecule has 0 spiro atoms. The van der Waals surface area contributed by atoms with E-state index < -0.39 is 42.9 Å². The predicted molar refractivity (Wildman–Crippen MR) is 90.0 cm³/mol. The summed E-state index contributed by atoms with van der Waals surface area (Å²) >= 11 is 5.97. The van der Waals surface area contributed by atoms with E-state index in [-0.39, 0.29) is 22.4 Å². The van der Waals surface area contributed by atoms with Crippen LogP contribution in [0.3, 0.4) is 0 Å². The van der Waals surface area contributed by atoms with Crippen LogP contribution in [0.1, 0.15) is 32.4 Å². The fourth-order valence-electron chi connectivity index (χ4n) is 2.37. The summed E-state index contributed by atoms with van der Waals surface area (Å²) in [5.74, 6) is -0.374. The van der Waals surface area contributed by atoms with Gasteiger partial charge in [0, 0.05) is 11.0 Å². The lowest BCUT2D eigenvalue weighted by Crippen LogP contribution is -2.40. The average Bonchev–Trinajstić information content (AvgIpc) is 2.92. The van der Waals surface area contributed by atoms with Crippen LogP contribution in [0.25, 0.3) is 0 Å². The van der Waals surface area contributed by atoms with Crippen LogP contribution < -0.4 is 10.6 Å². The van der Waals surface area contributed by atoms with Crippen LogP contribution in [0.4, 0.5) is 23.8 Å². The van der Waals surface area contributed by atoms with Crippen molar-refractivity contribution < 1.29 is 27.9 Å². The van der Waals surface area contributed by atoms with Gasteiger partial charge in [-0.1, -0.05) is 32.4 Å². The van der Waals surface area contributed by atoms with Crippen LogP contribution in [0.2, 0.25) is 5.15 Å². The number of halogens is 4. The number of urea groups is 1. The Morgan fingerprint density at radius 2 is 2.07 bits per heavy atom. The van der Waals surface area contributed by atoms with Gasteiger partial charge in [-0.05, 0) is 6.07 Å². The molecule has 0 bridgehead atoms. The van der Waals surface area contributed by atoms with Gasteiger partial charge in [0.2, 0.25) is 5.91 Å². The third-order valence-corrected chi connectivity index (χ3v) is 4.23. The lowest BCUT2D eigenvalue weighted by Gasteiger charge is -2.26. The molecule has 8 nitrogen and oxygen atoms in total. The maximum absolute atomic E-state index is 12.9. The molecule has 12 heteroatoms. The molecule has 3 amide bonds. The number of aromatic nitrogens is 2. The van der Waals surface area contributed by atoms with Crippen LogP contribution in [0, 0.1) is 5.41 Å². The first-order valence-corrected chi connectivity index (χ1v) is 8.31. The Kier molecular flexibility index (Phi) is 5.85. The molecule has 27 heavy (non-hydrogen) atoms. The number of nitrogens with one attached hydrogen (secondary N) is 2. The zero-order chi connectivity index (χ0) is 20.6. The minimum Gasteiger partial charge on any atom is -0.394 e. The van der Waals surface area contributed by atoms with Crippen molar-refractivity contribution in [1.29, 1.82) is 0 Å². The van der Waals surface area contributed by atoms with Crippen LogP contribution in [0.15, 0.2) is 6.07 Å². The zero-order valence-electron chi connectivity index (χ0n) is 14.8. The van der Waals surface area contributed by atoms with Crippen molar-refractivity contribution in [2.45, 2.75) is 39.0 Å². The second-order valence-electron chi connectivity index (χ2n) is 7.07. The zero-order valence-corrected chi connectivity index (χ0v) is 15.5. The molecule has 0 aliphatic carbocycles. The molecule has 0 radical (unpaired) electrons. The fourth-order valence-corrected chi connectivity index (χ4v) is 2.58. The van der Waals surface area contributed by atoms with Gasteiger partial charge in [-0.15, -0.1) is 10.2 Å². The smallest absolute Gasteiger partial charge is 0.394 e. The fraction of sp³-hybridized carbons (Fsp3) is 0.600. The number of alkyl halides is 3. The molecule has 1 saturated heterocycles. The summed E-state index contributed by atoms with van der Waals surface area (Å²) in [6, 6.07) is -2.98. The quantitative estimate of drug-likeness (QED) is 0.706. The highest BCUT2D eigenvalue weighted by atomic mass is 35.5. The minimum absolute atomic E-state index is 0.000230. The SMILES string of the molecule is CC(C)(C)C(=O)Nc1cc(C(CO)N2C[C@@H](C(F)(F)F)NC2=O)c(Cl)nn1. The topological polar surface area (TPSA) is 107 Å². The Labute approximate surface area is 158 Å². The van der Waals surface area contributed by atoms with Crippen molar-refractivity contribution in [2.75, 3.05) is 18.5 Å². The highest BCUT2D eigenvalue weighted by Crippen LogP contribution is 2.32. The van der Waals surface area contributed by atoms with Crippen molar-refractivity contribution in [2.24, 2.45) is 5.41 Å². The molecule has 0 saturated carbocycles. The third-order valence-electron chi connectivity index (χ3n) is 3.94. The maximum atomic E-state index is 12.9. The molecule has 1 aliphatic heterocycles. The number of carbonyl (C=O) groups excluding carboxylic acids is 2. The molecule has 1 fully saturated rings. The summed E-state index contributed by atoms with van der Waals surface area (Å²) in [5.41, 5.74) is -0.663. The summed E-state index contributed by atoms with van der Waals surface area (Å²) in [6.07, 6.45) is -4.63. The van der Waals surface area contributed by atoms with Gasteiger partial charge in [0.25, 0.3) is 0 Å². The van der Waals surface area contributed by atoms with E-state index in [2.05, 4.69) is 15.5 Å². The van der Waals surface area contributed by atoms with Crippen molar-refractivity contribution in [3.63, 3.8) is 0 Å². The normalized spacial score (nSPS) is 19.0. The highest BCUT2D eigenvalue weighted by Gasteiger charge is 2.48. The second kappa shape index (κ2) is 7.47. The lowest BCUT2D eigenvalue weighted by atomic mass is 9.96. The monoisotopic (exact) mass is 409 g/mol. The van der Waals surface area contributed by atoms with E-state index in [1.54, 1.807) is 20.8 Å². The van der Waals surface area contributed by atoms with Gasteiger partial charge in [-0.25, -0.2) is 4.79 Å². The first-order chi connectivity index (χ1) is 12.3. The van der Waals surface area contributed by atoms with E-state index in [0.29, 0.717) is 0 Å². The average molecular weight is 410 g/mol. The predicted octanol–water partition coefficient (Wildman–Crippen LogP) is 2.10. The number of nitrogens with zero attached hydrogens (tertiary/aromatic N) is 3. The van der Waals surface area contributed by atoms with E-state index >= 15 is 0 Å². The molecule has 1 unspecified atom stereocenters. The lowest BCUT2D eigenvalue weighted by molar-refractivity contribution is -0.150. The largest absolute Gasteiger partial charge is 0.410 e. The van der Waals surface area contributed by atoms with Crippen molar-refractivity contribution >= 4 is 29.4 Å². The van der Waals surface area contributed by atoms with Gasteiger partial charge in [-0.2, -0.15) is 13.2 Å². The Balaban J connectivity index is 2.30. The van der Waals surface area contributed by atoms with E-state index in [1.165, 1.54) is 6.07 Å². The molecule has 2 heterocycles. The molecular formula is C15H19ClF3N5O3. The standard InChI is InChI=1S/C15H19ClF3N5O3/c1-14(2,3)12(26)21-10-4-7(11(16)23-22-10)8(6-25)24-5-9(15(17,18)19)20-13(24)27/h4,8-9,25H,5-6H2,1-3H3,(H,20,27)(H,21,22,26)/t8?,9-/m0/s1. The molecular weight excluding hydrogens is 391 g/mol. The number of amides is 3. The summed E-state index contributed by atoms with van der Waals surface area (Å²) in [4.78, 5) is 24.9. The molecule has 0 aromatic carbocycles. The Morgan fingerprint density at radius 1 is 1.44 bits per heavy atom. The Hall–Kier alpha value is -2.14. The Morgan fingerprint density at radius 3 is 2.56 bits per heavy atom. The summed E-state index contributed by atoms with van der Waals surface area (Å²) in [7, 11) is 0. The van der Waals surface area contributed by atoms with Gasteiger partial charge in [-0.3, -0.25) is 4.79 Å². The van der Waals surface area contributed by atoms with Gasteiger partial charge < -0.3 is 20.6 Å². The van der Waals surface area contributed by atoms with Crippen molar-refractivity contribution in [3.05, 3.63) is 16.8 Å². The van der Waals surface area contributed by atoms with Gasteiger partial charge in [0.05, 0.1) is 19.2 Å². The highest BCUT2D eigenvalue weighted by molar-refractivity contribution is 6.30. The summed E-state index contributed by atoms with van der Waals surface area (Å²) in [5, 5.41) is 21.2. The van der Waals surface area contributed by atoms with Gasteiger partial charge >= 0.3 is 12.2 Å². The molecule has 1 aliphatic rings. The van der Waals surface area contributed by atoms with Crippen molar-refractivity contribution in [3.8, 4) is 0 Å². The third kappa shape index (κ3) is 4.78. The van der Waals surface area contributed by atoms with E-state index in [0.717, 1.165) is 4.90 Å². The number of aliphatic hydroxyl groups is 1. The minimum atomic E-state index is -4.63. The number of anilines is 1. The number of rotatable bonds is 4. The van der Waals surface area contributed by atoms with E-state index in [9.17, 15) is 27.9 Å².